The average molecular weight is 472 g/mol. The van der Waals surface area contributed by atoms with Gasteiger partial charge in [-0.05, 0) is 55.8 Å². The number of carbonyl (C=O) groups is 1. The highest BCUT2D eigenvalue weighted by atomic mass is 32.2. The number of benzene rings is 2. The predicted octanol–water partition coefficient (Wildman–Crippen LogP) is 4.04. The van der Waals surface area contributed by atoms with Crippen molar-refractivity contribution in [3.8, 4) is 17.6 Å². The van der Waals surface area contributed by atoms with Crippen molar-refractivity contribution in [2.75, 3.05) is 18.7 Å². The number of anilines is 1. The fraction of sp³-hybridized carbons (Fsp3) is 0.227. The van der Waals surface area contributed by atoms with E-state index < -0.39 is 15.7 Å². The Morgan fingerprint density at radius 1 is 1.22 bits per heavy atom. The lowest BCUT2D eigenvalue weighted by atomic mass is 10.1. The van der Waals surface area contributed by atoms with Crippen LogP contribution in [0.1, 0.15) is 19.4 Å². The smallest absolute Gasteiger partial charge is 0.268 e. The molecule has 0 spiro atoms. The molecule has 0 atom stereocenters. The summed E-state index contributed by atoms with van der Waals surface area (Å²) in [5, 5.41) is 12.3. The van der Waals surface area contributed by atoms with E-state index in [0.29, 0.717) is 27.3 Å². The van der Waals surface area contributed by atoms with Gasteiger partial charge in [-0.25, -0.2) is 13.4 Å². The van der Waals surface area contributed by atoms with Crippen LogP contribution in [0.3, 0.4) is 0 Å². The van der Waals surface area contributed by atoms with Crippen LogP contribution >= 0.6 is 11.3 Å². The van der Waals surface area contributed by atoms with Gasteiger partial charge in [0.05, 0.1) is 28.3 Å². The zero-order chi connectivity index (χ0) is 23.5. The number of rotatable bonds is 7. The van der Waals surface area contributed by atoms with Gasteiger partial charge in [-0.15, -0.1) is 0 Å². The van der Waals surface area contributed by atoms with Gasteiger partial charge in [-0.3, -0.25) is 10.1 Å². The van der Waals surface area contributed by atoms with Gasteiger partial charge in [0, 0.05) is 6.26 Å². The first-order valence-electron chi connectivity index (χ1n) is 9.49. The van der Waals surface area contributed by atoms with Crippen LogP contribution in [-0.2, 0) is 14.6 Å². The molecular formula is C22H21N3O5S2. The van der Waals surface area contributed by atoms with Crippen LogP contribution in [0.25, 0.3) is 16.3 Å². The topological polar surface area (TPSA) is 118 Å². The summed E-state index contributed by atoms with van der Waals surface area (Å²) in [6.45, 7) is 3.80. The second-order valence-corrected chi connectivity index (χ2v) is 10.2. The maximum atomic E-state index is 12.6. The second kappa shape index (κ2) is 9.38. The number of nitrogens with zero attached hydrogens (tertiary/aromatic N) is 2. The summed E-state index contributed by atoms with van der Waals surface area (Å²) in [4.78, 5) is 17.1. The fourth-order valence-electron chi connectivity index (χ4n) is 2.79. The van der Waals surface area contributed by atoms with E-state index >= 15 is 0 Å². The summed E-state index contributed by atoms with van der Waals surface area (Å²) in [5.74, 6) is 0.417. The highest BCUT2D eigenvalue weighted by Gasteiger charge is 2.15. The average Bonchev–Trinajstić information content (AvgIpc) is 3.13. The highest BCUT2D eigenvalue weighted by Crippen LogP contribution is 2.31. The summed E-state index contributed by atoms with van der Waals surface area (Å²) in [6.07, 6.45) is 2.53. The minimum absolute atomic E-state index is 0.0342. The van der Waals surface area contributed by atoms with Crippen molar-refractivity contribution < 1.29 is 22.7 Å². The van der Waals surface area contributed by atoms with Crippen LogP contribution in [0.15, 0.2) is 46.9 Å². The van der Waals surface area contributed by atoms with Gasteiger partial charge in [-0.1, -0.05) is 17.4 Å². The molecule has 32 heavy (non-hydrogen) atoms. The molecule has 10 heteroatoms. The van der Waals surface area contributed by atoms with E-state index in [1.165, 1.54) is 25.3 Å². The lowest BCUT2D eigenvalue weighted by molar-refractivity contribution is -0.112. The number of aromatic nitrogens is 1. The second-order valence-electron chi connectivity index (χ2n) is 7.12. The van der Waals surface area contributed by atoms with Crippen molar-refractivity contribution in [2.24, 2.45) is 0 Å². The molecule has 1 heterocycles. The molecule has 1 amide bonds. The quantitative estimate of drug-likeness (QED) is 0.408. The van der Waals surface area contributed by atoms with E-state index in [2.05, 4.69) is 10.3 Å². The lowest BCUT2D eigenvalue weighted by Crippen LogP contribution is -2.13. The van der Waals surface area contributed by atoms with E-state index in [1.807, 2.05) is 19.9 Å². The van der Waals surface area contributed by atoms with Crippen molar-refractivity contribution in [1.82, 2.24) is 4.98 Å². The minimum Gasteiger partial charge on any atom is -0.493 e. The van der Waals surface area contributed by atoms with E-state index in [0.717, 1.165) is 17.6 Å². The molecular weight excluding hydrogens is 450 g/mol. The van der Waals surface area contributed by atoms with Crippen molar-refractivity contribution >= 4 is 48.5 Å². The number of carbonyl (C=O) groups excluding carboxylic acids is 1. The normalized spacial score (nSPS) is 11.9. The summed E-state index contributed by atoms with van der Waals surface area (Å²) in [6, 6.07) is 11.5. The zero-order valence-electron chi connectivity index (χ0n) is 17.9. The first-order valence-corrected chi connectivity index (χ1v) is 12.2. The molecule has 3 rings (SSSR count). The summed E-state index contributed by atoms with van der Waals surface area (Å²) in [5.41, 5.74) is 1.01. The summed E-state index contributed by atoms with van der Waals surface area (Å²) >= 11 is 1.12. The number of hydrogen-bond acceptors (Lipinski definition) is 8. The van der Waals surface area contributed by atoms with Gasteiger partial charge in [0.1, 0.15) is 11.6 Å². The predicted molar refractivity (Wildman–Crippen MR) is 124 cm³/mol. The number of fused-ring (bicyclic) bond motifs is 1. The Kier molecular flexibility index (Phi) is 6.81. The van der Waals surface area contributed by atoms with Crippen LogP contribution in [0.4, 0.5) is 5.13 Å². The third-order valence-electron chi connectivity index (χ3n) is 4.23. The van der Waals surface area contributed by atoms with Crippen molar-refractivity contribution in [3.05, 3.63) is 47.5 Å². The van der Waals surface area contributed by atoms with Crippen LogP contribution in [0.5, 0.6) is 11.5 Å². The van der Waals surface area contributed by atoms with E-state index in [1.54, 1.807) is 24.3 Å². The van der Waals surface area contributed by atoms with Crippen molar-refractivity contribution in [2.45, 2.75) is 24.8 Å². The maximum Gasteiger partial charge on any atom is 0.268 e. The molecule has 2 aromatic carbocycles. The number of ether oxygens (including phenoxy) is 2. The minimum atomic E-state index is -3.36. The highest BCUT2D eigenvalue weighted by molar-refractivity contribution is 7.90. The van der Waals surface area contributed by atoms with Crippen LogP contribution in [0.2, 0.25) is 0 Å². The van der Waals surface area contributed by atoms with Crippen molar-refractivity contribution in [3.63, 3.8) is 0 Å². The molecule has 0 bridgehead atoms. The van der Waals surface area contributed by atoms with Crippen LogP contribution in [0, 0.1) is 11.3 Å². The Bertz CT molecular complexity index is 1350. The molecule has 0 saturated heterocycles. The number of methoxy groups -OCH3 is 1. The number of nitrogens with one attached hydrogen (secondary N) is 1. The number of thiazole rings is 1. The number of nitriles is 1. The third kappa shape index (κ3) is 5.43. The SMILES string of the molecule is COc1cc(/C=C(\C#N)C(=O)Nc2nc3ccc(S(C)(=O)=O)cc3s2)ccc1OC(C)C. The lowest BCUT2D eigenvalue weighted by Gasteiger charge is -2.13. The molecule has 0 aliphatic carbocycles. The summed E-state index contributed by atoms with van der Waals surface area (Å²) in [7, 11) is -1.85. The third-order valence-corrected chi connectivity index (χ3v) is 6.28. The molecule has 0 unspecified atom stereocenters. The monoisotopic (exact) mass is 471 g/mol. The maximum absolute atomic E-state index is 12.6. The van der Waals surface area contributed by atoms with Crippen LogP contribution in [-0.4, -0.2) is 38.8 Å². The van der Waals surface area contributed by atoms with Gasteiger partial charge in [0.25, 0.3) is 5.91 Å². The molecule has 3 aromatic rings. The van der Waals surface area contributed by atoms with Gasteiger partial charge in [0.2, 0.25) is 0 Å². The molecule has 1 N–H and O–H groups in total. The summed E-state index contributed by atoms with van der Waals surface area (Å²) < 4.78 is 35.1. The van der Waals surface area contributed by atoms with Gasteiger partial charge >= 0.3 is 0 Å². The zero-order valence-corrected chi connectivity index (χ0v) is 19.5. The van der Waals surface area contributed by atoms with E-state index in [-0.39, 0.29) is 21.7 Å². The largest absolute Gasteiger partial charge is 0.493 e. The van der Waals surface area contributed by atoms with Gasteiger partial charge in [-0.2, -0.15) is 5.26 Å². The van der Waals surface area contributed by atoms with E-state index in [4.69, 9.17) is 9.47 Å². The number of sulfone groups is 1. The standard InChI is InChI=1S/C22H21N3O5S2/c1-13(2)30-18-8-5-14(10-19(18)29-3)9-15(12-23)21(26)25-22-24-17-7-6-16(32(4,27)28)11-20(17)31-22/h5-11,13H,1-4H3,(H,24,25,26)/b15-9+. The number of hydrogen-bond donors (Lipinski definition) is 1. The Hall–Kier alpha value is -3.42. The fourth-order valence-corrected chi connectivity index (χ4v) is 4.42. The van der Waals surface area contributed by atoms with Gasteiger partial charge < -0.3 is 9.47 Å². The Labute approximate surface area is 190 Å². The van der Waals surface area contributed by atoms with Gasteiger partial charge in [0.15, 0.2) is 26.5 Å². The Balaban J connectivity index is 1.84. The van der Waals surface area contributed by atoms with E-state index in [9.17, 15) is 18.5 Å². The molecule has 0 aliphatic heterocycles. The molecule has 8 nitrogen and oxygen atoms in total. The molecule has 166 valence electrons. The first-order chi connectivity index (χ1) is 15.1. The molecule has 0 fully saturated rings. The molecule has 0 saturated carbocycles. The number of amides is 1. The Morgan fingerprint density at radius 2 is 1.97 bits per heavy atom. The van der Waals surface area contributed by atoms with Crippen molar-refractivity contribution in [1.29, 1.82) is 5.26 Å². The Morgan fingerprint density at radius 3 is 2.59 bits per heavy atom. The molecule has 0 radical (unpaired) electrons. The molecule has 1 aromatic heterocycles. The van der Waals surface area contributed by atoms with Crippen LogP contribution < -0.4 is 14.8 Å². The molecule has 0 aliphatic rings. The first kappa shape index (κ1) is 23.2.